The van der Waals surface area contributed by atoms with Crippen LogP contribution in [0.3, 0.4) is 0 Å². The number of amides is 1. The van der Waals surface area contributed by atoms with Crippen molar-refractivity contribution < 1.29 is 9.53 Å². The highest BCUT2D eigenvalue weighted by atomic mass is 16.5. The van der Waals surface area contributed by atoms with Crippen molar-refractivity contribution in [1.29, 1.82) is 0 Å². The van der Waals surface area contributed by atoms with E-state index < -0.39 is 0 Å². The van der Waals surface area contributed by atoms with Gasteiger partial charge in [-0.3, -0.25) is 9.69 Å². The van der Waals surface area contributed by atoms with E-state index in [2.05, 4.69) is 4.90 Å². The molecule has 2 atom stereocenters. The molecule has 2 N–H and O–H groups in total. The molecule has 3 rings (SSSR count). The third kappa shape index (κ3) is 1.39. The molecule has 0 radical (unpaired) electrons. The topological polar surface area (TPSA) is 55.6 Å². The largest absolute Gasteiger partial charge is 0.379 e. The molecule has 1 heterocycles. The van der Waals surface area contributed by atoms with E-state index in [4.69, 9.17) is 10.5 Å². The predicted molar refractivity (Wildman–Crippen MR) is 55.1 cm³/mol. The fourth-order valence-corrected chi connectivity index (χ4v) is 3.45. The lowest BCUT2D eigenvalue weighted by Crippen LogP contribution is -2.55. The second kappa shape index (κ2) is 3.19. The van der Waals surface area contributed by atoms with Crippen LogP contribution in [-0.4, -0.2) is 43.2 Å². The number of ether oxygens (including phenoxy) is 1. The number of carbonyl (C=O) groups excluding carboxylic acids is 1. The first-order valence-corrected chi connectivity index (χ1v) is 5.77. The van der Waals surface area contributed by atoms with Gasteiger partial charge in [0.05, 0.1) is 6.10 Å². The molecule has 2 unspecified atom stereocenters. The molecule has 0 spiro atoms. The van der Waals surface area contributed by atoms with Crippen LogP contribution in [0.1, 0.15) is 12.8 Å². The molecule has 2 saturated carbocycles. The normalized spacial score (nSPS) is 44.9. The first-order valence-electron chi connectivity index (χ1n) is 5.77. The van der Waals surface area contributed by atoms with Gasteiger partial charge < -0.3 is 10.5 Å². The summed E-state index contributed by atoms with van der Waals surface area (Å²) in [5.41, 5.74) is 5.33. The molecule has 0 aromatic rings. The van der Waals surface area contributed by atoms with Crippen molar-refractivity contribution in [3.05, 3.63) is 0 Å². The monoisotopic (exact) mass is 210 g/mol. The molecule has 3 fully saturated rings. The maximum atomic E-state index is 11.0. The van der Waals surface area contributed by atoms with Gasteiger partial charge in [-0.2, -0.15) is 0 Å². The van der Waals surface area contributed by atoms with Gasteiger partial charge in [-0.05, 0) is 24.7 Å². The number of nitrogens with two attached hydrogens (primary N) is 1. The van der Waals surface area contributed by atoms with Crippen molar-refractivity contribution in [1.82, 2.24) is 4.90 Å². The van der Waals surface area contributed by atoms with Crippen molar-refractivity contribution in [2.75, 3.05) is 20.2 Å². The molecule has 2 aliphatic carbocycles. The SMILES string of the molecule is COC1CN(C2CC3C(C2)C3C(N)=O)C1. The van der Waals surface area contributed by atoms with Crippen LogP contribution in [-0.2, 0) is 9.53 Å². The van der Waals surface area contributed by atoms with Gasteiger partial charge in [-0.15, -0.1) is 0 Å². The van der Waals surface area contributed by atoms with Gasteiger partial charge in [0.25, 0.3) is 0 Å². The standard InChI is InChI=1S/C11H18N2O2/c1-15-7-4-13(5-7)6-2-8-9(3-6)10(8)11(12)14/h6-10H,2-5H2,1H3,(H2,12,14). The first kappa shape index (κ1) is 9.60. The van der Waals surface area contributed by atoms with Gasteiger partial charge in [0.15, 0.2) is 0 Å². The Morgan fingerprint density at radius 1 is 1.33 bits per heavy atom. The van der Waals surface area contributed by atoms with Crippen LogP contribution < -0.4 is 5.73 Å². The maximum absolute atomic E-state index is 11.0. The summed E-state index contributed by atoms with van der Waals surface area (Å²) in [5, 5.41) is 0. The summed E-state index contributed by atoms with van der Waals surface area (Å²) in [6.45, 7) is 2.14. The van der Waals surface area contributed by atoms with Gasteiger partial charge >= 0.3 is 0 Å². The lowest BCUT2D eigenvalue weighted by atomic mass is 10.0. The van der Waals surface area contributed by atoms with Crippen LogP contribution in [0.5, 0.6) is 0 Å². The highest BCUT2D eigenvalue weighted by molar-refractivity contribution is 5.80. The Balaban J connectivity index is 1.49. The van der Waals surface area contributed by atoms with Crippen LogP contribution in [0.25, 0.3) is 0 Å². The molecule has 4 heteroatoms. The highest BCUT2D eigenvalue weighted by Gasteiger charge is 2.60. The summed E-state index contributed by atoms with van der Waals surface area (Å²) >= 11 is 0. The number of primary amides is 1. The average Bonchev–Trinajstić information content (AvgIpc) is 2.63. The van der Waals surface area contributed by atoms with Crippen LogP contribution in [0, 0.1) is 17.8 Å². The van der Waals surface area contributed by atoms with Gasteiger partial charge in [0, 0.05) is 32.2 Å². The zero-order chi connectivity index (χ0) is 10.6. The number of nitrogens with zero attached hydrogens (tertiary/aromatic N) is 1. The number of carbonyl (C=O) groups is 1. The molecular formula is C11H18N2O2. The van der Waals surface area contributed by atoms with E-state index in [0.717, 1.165) is 13.1 Å². The third-order valence-corrected chi connectivity index (χ3v) is 4.47. The summed E-state index contributed by atoms with van der Waals surface area (Å²) in [5.74, 6) is 1.34. The van der Waals surface area contributed by atoms with Crippen LogP contribution in [0.2, 0.25) is 0 Å². The number of rotatable bonds is 3. The van der Waals surface area contributed by atoms with Gasteiger partial charge in [-0.25, -0.2) is 0 Å². The van der Waals surface area contributed by atoms with E-state index in [1.165, 1.54) is 12.8 Å². The second-order valence-corrected chi connectivity index (χ2v) is 5.19. The lowest BCUT2D eigenvalue weighted by Gasteiger charge is -2.43. The predicted octanol–water partition coefficient (Wildman–Crippen LogP) is -0.173. The van der Waals surface area contributed by atoms with Crippen molar-refractivity contribution >= 4 is 5.91 Å². The van der Waals surface area contributed by atoms with Crippen molar-refractivity contribution in [2.45, 2.75) is 25.0 Å². The number of hydrogen-bond donors (Lipinski definition) is 1. The van der Waals surface area contributed by atoms with Gasteiger partial charge in [0.2, 0.25) is 5.91 Å². The molecule has 3 aliphatic rings. The fourth-order valence-electron chi connectivity index (χ4n) is 3.45. The van der Waals surface area contributed by atoms with E-state index in [1.54, 1.807) is 7.11 Å². The fraction of sp³-hybridized carbons (Fsp3) is 0.909. The quantitative estimate of drug-likeness (QED) is 0.703. The summed E-state index contributed by atoms with van der Waals surface area (Å²) in [6.07, 6.45) is 2.79. The summed E-state index contributed by atoms with van der Waals surface area (Å²) < 4.78 is 5.26. The number of hydrogen-bond acceptors (Lipinski definition) is 3. The maximum Gasteiger partial charge on any atom is 0.221 e. The van der Waals surface area contributed by atoms with Crippen molar-refractivity contribution in [2.24, 2.45) is 23.5 Å². The van der Waals surface area contributed by atoms with Crippen LogP contribution in [0.4, 0.5) is 0 Å². The highest BCUT2D eigenvalue weighted by Crippen LogP contribution is 2.58. The van der Waals surface area contributed by atoms with E-state index in [9.17, 15) is 4.79 Å². The zero-order valence-electron chi connectivity index (χ0n) is 9.06. The molecule has 0 aromatic carbocycles. The minimum Gasteiger partial charge on any atom is -0.379 e. The molecule has 0 bridgehead atoms. The average molecular weight is 210 g/mol. The first-order chi connectivity index (χ1) is 7.20. The Bertz CT molecular complexity index is 276. The van der Waals surface area contributed by atoms with Gasteiger partial charge in [-0.1, -0.05) is 0 Å². The Morgan fingerprint density at radius 3 is 2.40 bits per heavy atom. The minimum atomic E-state index is -0.0816. The number of methoxy groups -OCH3 is 1. The van der Waals surface area contributed by atoms with E-state index in [1.807, 2.05) is 0 Å². The molecule has 15 heavy (non-hydrogen) atoms. The van der Waals surface area contributed by atoms with E-state index in [-0.39, 0.29) is 11.8 Å². The van der Waals surface area contributed by atoms with Crippen LogP contribution in [0.15, 0.2) is 0 Å². The second-order valence-electron chi connectivity index (χ2n) is 5.19. The van der Waals surface area contributed by atoms with Crippen molar-refractivity contribution in [3.8, 4) is 0 Å². The van der Waals surface area contributed by atoms with Crippen LogP contribution >= 0.6 is 0 Å². The zero-order valence-corrected chi connectivity index (χ0v) is 9.06. The molecule has 84 valence electrons. The summed E-state index contributed by atoms with van der Waals surface area (Å²) in [4.78, 5) is 13.5. The number of likely N-dealkylation sites (tertiary alicyclic amines) is 1. The van der Waals surface area contributed by atoms with E-state index >= 15 is 0 Å². The molecule has 4 nitrogen and oxygen atoms in total. The molecular weight excluding hydrogens is 192 g/mol. The lowest BCUT2D eigenvalue weighted by molar-refractivity contribution is -0.120. The van der Waals surface area contributed by atoms with Crippen molar-refractivity contribution in [3.63, 3.8) is 0 Å². The Hall–Kier alpha value is -0.610. The van der Waals surface area contributed by atoms with Gasteiger partial charge in [0.1, 0.15) is 0 Å². The Labute approximate surface area is 89.7 Å². The Morgan fingerprint density at radius 2 is 1.93 bits per heavy atom. The molecule has 1 aliphatic heterocycles. The number of fused-ring (bicyclic) bond motifs is 1. The summed E-state index contributed by atoms with van der Waals surface area (Å²) in [7, 11) is 1.78. The molecule has 1 amide bonds. The van der Waals surface area contributed by atoms with E-state index in [0.29, 0.717) is 24.0 Å². The minimum absolute atomic E-state index is 0.0816. The summed E-state index contributed by atoms with van der Waals surface area (Å²) in [6, 6.07) is 0.696. The third-order valence-electron chi connectivity index (χ3n) is 4.47. The molecule has 1 saturated heterocycles. The Kier molecular flexibility index (Phi) is 2.04. The smallest absolute Gasteiger partial charge is 0.221 e. The molecule has 0 aromatic heterocycles.